The summed E-state index contributed by atoms with van der Waals surface area (Å²) >= 11 is 0. The second kappa shape index (κ2) is 4.99. The van der Waals surface area contributed by atoms with E-state index in [2.05, 4.69) is 4.74 Å². The van der Waals surface area contributed by atoms with Crippen LogP contribution in [-0.4, -0.2) is 24.3 Å². The number of aliphatic hydroxyl groups excluding tert-OH is 1. The number of allylic oxidation sites excluding steroid dienone is 1. The first-order chi connectivity index (χ1) is 4.72. The molecule has 0 spiro atoms. The Balaban J connectivity index is 3.63. The molecule has 0 aromatic carbocycles. The topological polar surface area (TPSA) is 46.5 Å². The third kappa shape index (κ3) is 3.25. The fraction of sp³-hybridized carbons (Fsp3) is 0.571. The molecule has 0 heterocycles. The lowest BCUT2D eigenvalue weighted by atomic mass is 10.3. The van der Waals surface area contributed by atoms with E-state index in [1.807, 2.05) is 0 Å². The van der Waals surface area contributed by atoms with Crippen molar-refractivity contribution >= 4 is 5.97 Å². The van der Waals surface area contributed by atoms with Gasteiger partial charge < -0.3 is 9.84 Å². The first kappa shape index (κ1) is 9.17. The van der Waals surface area contributed by atoms with Gasteiger partial charge in [0.05, 0.1) is 6.61 Å². The summed E-state index contributed by atoms with van der Waals surface area (Å²) in [6, 6.07) is 0. The standard InChI is InChI=1S/C7H12O3/c1-3-6(2)7(9)10-5-4-8/h3,8H,4-5H2,1-2H3/b6-3+. The number of hydrogen-bond donors (Lipinski definition) is 1. The lowest BCUT2D eigenvalue weighted by Gasteiger charge is -2.00. The minimum Gasteiger partial charge on any atom is -0.460 e. The molecule has 0 atom stereocenters. The quantitative estimate of drug-likeness (QED) is 0.463. The zero-order valence-corrected chi connectivity index (χ0v) is 6.26. The Kier molecular flexibility index (Phi) is 4.58. The van der Waals surface area contributed by atoms with Crippen LogP contribution < -0.4 is 0 Å². The third-order valence-corrected chi connectivity index (χ3v) is 1.08. The summed E-state index contributed by atoms with van der Waals surface area (Å²) in [5.74, 6) is -0.364. The summed E-state index contributed by atoms with van der Waals surface area (Å²) in [4.78, 5) is 10.7. The fourth-order valence-electron chi connectivity index (χ4n) is 0.370. The van der Waals surface area contributed by atoms with E-state index in [0.717, 1.165) is 0 Å². The van der Waals surface area contributed by atoms with Gasteiger partial charge in [0.2, 0.25) is 0 Å². The van der Waals surface area contributed by atoms with Gasteiger partial charge in [0.1, 0.15) is 6.61 Å². The number of esters is 1. The molecular weight excluding hydrogens is 132 g/mol. The Morgan fingerprint density at radius 3 is 2.70 bits per heavy atom. The van der Waals surface area contributed by atoms with Gasteiger partial charge >= 0.3 is 5.97 Å². The summed E-state index contributed by atoms with van der Waals surface area (Å²) in [7, 11) is 0. The lowest BCUT2D eigenvalue weighted by molar-refractivity contribution is -0.139. The molecule has 0 rings (SSSR count). The van der Waals surface area contributed by atoms with E-state index in [9.17, 15) is 4.79 Å². The van der Waals surface area contributed by atoms with Gasteiger partial charge in [-0.2, -0.15) is 0 Å². The maximum absolute atomic E-state index is 10.7. The molecule has 0 fully saturated rings. The van der Waals surface area contributed by atoms with Crippen molar-refractivity contribution in [3.8, 4) is 0 Å². The first-order valence-corrected chi connectivity index (χ1v) is 3.13. The van der Waals surface area contributed by atoms with Crippen LogP contribution in [0.25, 0.3) is 0 Å². The molecule has 0 radical (unpaired) electrons. The number of carbonyl (C=O) groups excluding carboxylic acids is 1. The second-order valence-electron chi connectivity index (χ2n) is 1.83. The van der Waals surface area contributed by atoms with Crippen LogP contribution in [0.4, 0.5) is 0 Å². The third-order valence-electron chi connectivity index (χ3n) is 1.08. The van der Waals surface area contributed by atoms with Gasteiger partial charge in [-0.15, -0.1) is 0 Å². The zero-order valence-electron chi connectivity index (χ0n) is 6.26. The highest BCUT2D eigenvalue weighted by Crippen LogP contribution is 1.94. The van der Waals surface area contributed by atoms with Crippen LogP contribution >= 0.6 is 0 Å². The maximum atomic E-state index is 10.7. The Morgan fingerprint density at radius 1 is 1.70 bits per heavy atom. The number of carbonyl (C=O) groups is 1. The number of rotatable bonds is 3. The van der Waals surface area contributed by atoms with Crippen LogP contribution in [0, 0.1) is 0 Å². The van der Waals surface area contributed by atoms with Crippen LogP contribution in [0.1, 0.15) is 13.8 Å². The van der Waals surface area contributed by atoms with Crippen molar-refractivity contribution in [2.75, 3.05) is 13.2 Å². The highest BCUT2D eigenvalue weighted by molar-refractivity contribution is 5.87. The molecule has 1 N–H and O–H groups in total. The minimum absolute atomic E-state index is 0.0734. The molecule has 0 aliphatic rings. The van der Waals surface area contributed by atoms with Gasteiger partial charge in [-0.1, -0.05) is 6.08 Å². The molecule has 0 amide bonds. The predicted octanol–water partition coefficient (Wildman–Crippen LogP) is 0.488. The zero-order chi connectivity index (χ0) is 7.98. The van der Waals surface area contributed by atoms with Crippen LogP contribution in [-0.2, 0) is 9.53 Å². The number of hydrogen-bond acceptors (Lipinski definition) is 3. The molecule has 3 heteroatoms. The molecule has 0 saturated carbocycles. The van der Waals surface area contributed by atoms with Crippen molar-refractivity contribution < 1.29 is 14.6 Å². The first-order valence-electron chi connectivity index (χ1n) is 3.13. The van der Waals surface area contributed by atoms with E-state index in [1.165, 1.54) is 0 Å². The summed E-state index contributed by atoms with van der Waals surface area (Å²) < 4.78 is 4.59. The Labute approximate surface area is 60.3 Å². The van der Waals surface area contributed by atoms with Crippen molar-refractivity contribution in [3.63, 3.8) is 0 Å². The van der Waals surface area contributed by atoms with Crippen molar-refractivity contribution in [3.05, 3.63) is 11.6 Å². The number of aliphatic hydroxyl groups is 1. The van der Waals surface area contributed by atoms with Gasteiger partial charge in [0.15, 0.2) is 0 Å². The summed E-state index contributed by atoms with van der Waals surface area (Å²) in [5, 5.41) is 8.27. The molecule has 0 aliphatic carbocycles. The molecule has 0 bridgehead atoms. The average Bonchev–Trinajstić information content (AvgIpc) is 1.98. The Bertz CT molecular complexity index is 138. The molecule has 58 valence electrons. The van der Waals surface area contributed by atoms with Gasteiger partial charge in [0, 0.05) is 5.57 Å². The molecule has 3 nitrogen and oxygen atoms in total. The fourth-order valence-corrected chi connectivity index (χ4v) is 0.370. The predicted molar refractivity (Wildman–Crippen MR) is 37.5 cm³/mol. The van der Waals surface area contributed by atoms with Gasteiger partial charge in [-0.25, -0.2) is 4.79 Å². The van der Waals surface area contributed by atoms with E-state index < -0.39 is 0 Å². The van der Waals surface area contributed by atoms with Gasteiger partial charge in [0.25, 0.3) is 0 Å². The normalized spacial score (nSPS) is 11.3. The highest BCUT2D eigenvalue weighted by atomic mass is 16.5. The molecular formula is C7H12O3. The maximum Gasteiger partial charge on any atom is 0.333 e. The molecule has 0 aromatic heterocycles. The van der Waals surface area contributed by atoms with E-state index in [4.69, 9.17) is 5.11 Å². The Hall–Kier alpha value is -0.830. The van der Waals surface area contributed by atoms with Gasteiger partial charge in [-0.05, 0) is 13.8 Å². The van der Waals surface area contributed by atoms with E-state index in [1.54, 1.807) is 19.9 Å². The summed E-state index contributed by atoms with van der Waals surface area (Å²) in [5.41, 5.74) is 0.563. The monoisotopic (exact) mass is 144 g/mol. The summed E-state index contributed by atoms with van der Waals surface area (Å²) in [6.07, 6.45) is 1.67. The smallest absolute Gasteiger partial charge is 0.333 e. The molecule has 0 aromatic rings. The second-order valence-corrected chi connectivity index (χ2v) is 1.83. The SMILES string of the molecule is C/C=C(\C)C(=O)OCCO. The van der Waals surface area contributed by atoms with E-state index in [-0.39, 0.29) is 19.2 Å². The van der Waals surface area contributed by atoms with Crippen LogP contribution in [0.2, 0.25) is 0 Å². The molecule has 10 heavy (non-hydrogen) atoms. The average molecular weight is 144 g/mol. The lowest BCUT2D eigenvalue weighted by Crippen LogP contribution is -2.08. The van der Waals surface area contributed by atoms with Crippen molar-refractivity contribution in [1.29, 1.82) is 0 Å². The number of ether oxygens (including phenoxy) is 1. The van der Waals surface area contributed by atoms with Crippen LogP contribution in [0.3, 0.4) is 0 Å². The minimum atomic E-state index is -0.364. The van der Waals surface area contributed by atoms with E-state index in [0.29, 0.717) is 5.57 Å². The van der Waals surface area contributed by atoms with Crippen molar-refractivity contribution in [2.24, 2.45) is 0 Å². The van der Waals surface area contributed by atoms with Crippen molar-refractivity contribution in [1.82, 2.24) is 0 Å². The Morgan fingerprint density at radius 2 is 2.30 bits per heavy atom. The van der Waals surface area contributed by atoms with Crippen LogP contribution in [0.15, 0.2) is 11.6 Å². The highest BCUT2D eigenvalue weighted by Gasteiger charge is 2.01. The molecule has 0 unspecified atom stereocenters. The summed E-state index contributed by atoms with van der Waals surface area (Å²) in [6.45, 7) is 3.38. The van der Waals surface area contributed by atoms with E-state index >= 15 is 0 Å². The van der Waals surface area contributed by atoms with Crippen molar-refractivity contribution in [2.45, 2.75) is 13.8 Å². The largest absolute Gasteiger partial charge is 0.460 e. The molecule has 0 saturated heterocycles. The van der Waals surface area contributed by atoms with Crippen LogP contribution in [0.5, 0.6) is 0 Å². The van der Waals surface area contributed by atoms with Gasteiger partial charge in [-0.3, -0.25) is 0 Å². The molecule has 0 aliphatic heterocycles.